The first kappa shape index (κ1) is 30.1. The molecule has 0 bridgehead atoms. The van der Waals surface area contributed by atoms with Crippen molar-refractivity contribution in [1.82, 2.24) is 5.32 Å². The van der Waals surface area contributed by atoms with Crippen LogP contribution in [0.1, 0.15) is 33.0 Å². The molecule has 0 radical (unpaired) electrons. The van der Waals surface area contributed by atoms with Crippen LogP contribution in [0.15, 0.2) is 84.9 Å². The van der Waals surface area contributed by atoms with E-state index in [4.69, 9.17) is 25.6 Å². The zero-order chi connectivity index (χ0) is 30.6. The normalized spacial score (nSPS) is 12.9. The fourth-order valence-corrected chi connectivity index (χ4v) is 5.42. The van der Waals surface area contributed by atoms with Gasteiger partial charge in [-0.3, -0.25) is 14.1 Å². The van der Waals surface area contributed by atoms with Crippen LogP contribution in [0.25, 0.3) is 11.1 Å². The van der Waals surface area contributed by atoms with E-state index < -0.39 is 27.7 Å². The number of carbonyl (C=O) groups is 2. The highest BCUT2D eigenvalue weighted by Crippen LogP contribution is 2.36. The number of carbonyl (C=O) groups excluding carboxylic acids is 2. The van der Waals surface area contributed by atoms with Gasteiger partial charge in [-0.15, -0.1) is 0 Å². The third-order valence-electron chi connectivity index (χ3n) is 7.07. The maximum absolute atomic E-state index is 13.7. The van der Waals surface area contributed by atoms with Gasteiger partial charge in [0, 0.05) is 22.8 Å². The predicted octanol–water partition coefficient (Wildman–Crippen LogP) is 5.63. The molecule has 222 valence electrons. The zero-order valence-electron chi connectivity index (χ0n) is 23.2. The summed E-state index contributed by atoms with van der Waals surface area (Å²) in [5, 5.41) is 6.16. The molecule has 0 spiro atoms. The second-order valence-electron chi connectivity index (χ2n) is 10.1. The van der Waals surface area contributed by atoms with Crippen LogP contribution in [-0.4, -0.2) is 43.9 Å². The molecule has 1 heterocycles. The maximum atomic E-state index is 13.7. The molecule has 3 N–H and O–H groups in total. The van der Waals surface area contributed by atoms with Crippen LogP contribution in [0.4, 0.5) is 5.69 Å². The molecule has 0 saturated carbocycles. The Balaban J connectivity index is 1.33. The van der Waals surface area contributed by atoms with E-state index in [0.29, 0.717) is 34.2 Å². The summed E-state index contributed by atoms with van der Waals surface area (Å²) in [6, 6.07) is 25.4. The molecule has 0 unspecified atom stereocenters. The highest BCUT2D eigenvalue weighted by atomic mass is 35.5. The minimum Gasteiger partial charge on any atom is -0.454 e. The Morgan fingerprint density at radius 2 is 1.65 bits per heavy atom. The number of hydrogen-bond donors (Lipinski definition) is 3. The van der Waals surface area contributed by atoms with Crippen molar-refractivity contribution in [3.63, 3.8) is 0 Å². The van der Waals surface area contributed by atoms with Crippen molar-refractivity contribution in [2.45, 2.75) is 19.3 Å². The Hall–Kier alpha value is -4.38. The maximum Gasteiger partial charge on any atom is 0.266 e. The van der Waals surface area contributed by atoms with Gasteiger partial charge in [-0.25, -0.2) is 0 Å². The first-order valence-corrected chi connectivity index (χ1v) is 15.4. The van der Waals surface area contributed by atoms with Crippen molar-refractivity contribution in [3.05, 3.63) is 112 Å². The largest absolute Gasteiger partial charge is 0.454 e. The summed E-state index contributed by atoms with van der Waals surface area (Å²) in [5.74, 6) is -0.691. The molecule has 43 heavy (non-hydrogen) atoms. The van der Waals surface area contributed by atoms with E-state index in [2.05, 4.69) is 10.6 Å². The van der Waals surface area contributed by atoms with Crippen LogP contribution in [0.5, 0.6) is 11.5 Å². The molecule has 9 nitrogen and oxygen atoms in total. The average Bonchev–Trinajstić information content (AvgIpc) is 3.44. The van der Waals surface area contributed by atoms with Gasteiger partial charge in [0.1, 0.15) is 0 Å². The van der Waals surface area contributed by atoms with Gasteiger partial charge in [0.15, 0.2) is 11.5 Å². The summed E-state index contributed by atoms with van der Waals surface area (Å²) in [5.41, 5.74) is 5.61. The Kier molecular flexibility index (Phi) is 9.00. The van der Waals surface area contributed by atoms with E-state index in [9.17, 15) is 18.0 Å². The zero-order valence-corrected chi connectivity index (χ0v) is 24.7. The first-order chi connectivity index (χ1) is 20.6. The number of hydrogen-bond acceptors (Lipinski definition) is 6. The van der Waals surface area contributed by atoms with E-state index in [1.165, 1.54) is 0 Å². The number of anilines is 1. The van der Waals surface area contributed by atoms with Gasteiger partial charge >= 0.3 is 0 Å². The quantitative estimate of drug-likeness (QED) is 0.196. The van der Waals surface area contributed by atoms with E-state index in [0.717, 1.165) is 27.8 Å². The molecule has 0 saturated heterocycles. The average molecular weight is 621 g/mol. The van der Waals surface area contributed by atoms with Crippen LogP contribution in [0.3, 0.4) is 0 Å². The highest BCUT2D eigenvalue weighted by molar-refractivity contribution is 7.85. The van der Waals surface area contributed by atoms with Crippen LogP contribution in [0, 0.1) is 6.92 Å². The van der Waals surface area contributed by atoms with Gasteiger partial charge in [-0.05, 0) is 89.7 Å². The number of benzene rings is 4. The monoisotopic (exact) mass is 620 g/mol. The van der Waals surface area contributed by atoms with E-state index in [-0.39, 0.29) is 19.2 Å². The van der Waals surface area contributed by atoms with Gasteiger partial charge in [0.25, 0.3) is 16.0 Å². The van der Waals surface area contributed by atoms with E-state index in [1.807, 2.05) is 55.5 Å². The number of halogens is 1. The molecule has 5 rings (SSSR count). The van der Waals surface area contributed by atoms with Gasteiger partial charge in [0.2, 0.25) is 12.7 Å². The lowest BCUT2D eigenvalue weighted by Crippen LogP contribution is -2.28. The summed E-state index contributed by atoms with van der Waals surface area (Å²) < 4.78 is 41.6. The van der Waals surface area contributed by atoms with Crippen molar-refractivity contribution in [1.29, 1.82) is 0 Å². The molecular weight excluding hydrogens is 592 g/mol. The van der Waals surface area contributed by atoms with E-state index >= 15 is 0 Å². The number of rotatable bonds is 10. The fourth-order valence-electron chi connectivity index (χ4n) is 4.83. The highest BCUT2D eigenvalue weighted by Gasteiger charge is 2.25. The third kappa shape index (κ3) is 7.72. The molecule has 0 fully saturated rings. The number of fused-ring (bicyclic) bond motifs is 1. The minimum absolute atomic E-state index is 0.114. The fraction of sp³-hybridized carbons (Fsp3) is 0.188. The smallest absolute Gasteiger partial charge is 0.266 e. The predicted molar refractivity (Wildman–Crippen MR) is 164 cm³/mol. The lowest BCUT2D eigenvalue weighted by atomic mass is 9.90. The molecule has 4 aromatic carbocycles. The standard InChI is InChI=1S/C32H29ClN2O7S/c1-20-16-25(33)9-12-27(20)22-6-10-26(11-7-22)35-32(37)28(24-8-13-29-30(18-24)42-19-41-29)17-21-2-4-23(5-3-21)31(36)34-14-15-43(38,39)40/h2-13,16,18,28H,14-15,17,19H2,1H3,(H,34,36)(H,35,37)(H,38,39,40)/t28-/m1/s1. The molecule has 2 amide bonds. The van der Waals surface area contributed by atoms with Crippen LogP contribution in [0.2, 0.25) is 5.02 Å². The van der Waals surface area contributed by atoms with Crippen LogP contribution < -0.4 is 20.1 Å². The van der Waals surface area contributed by atoms with Gasteiger partial charge in [-0.2, -0.15) is 8.42 Å². The third-order valence-corrected chi connectivity index (χ3v) is 8.02. The molecule has 0 aromatic heterocycles. The number of amides is 2. The Morgan fingerprint density at radius 3 is 2.35 bits per heavy atom. The van der Waals surface area contributed by atoms with Crippen molar-refractivity contribution < 1.29 is 32.0 Å². The molecule has 0 aliphatic carbocycles. The summed E-state index contributed by atoms with van der Waals surface area (Å²) in [4.78, 5) is 26.1. The topological polar surface area (TPSA) is 131 Å². The molecular formula is C32H29ClN2O7S. The second kappa shape index (κ2) is 12.9. The SMILES string of the molecule is Cc1cc(Cl)ccc1-c1ccc(NC(=O)[C@H](Cc2ccc(C(=O)NCCS(=O)(=O)O)cc2)c2ccc3c(c2)OCO3)cc1. The van der Waals surface area contributed by atoms with Gasteiger partial charge < -0.3 is 20.1 Å². The van der Waals surface area contributed by atoms with Gasteiger partial charge in [-0.1, -0.05) is 48.0 Å². The van der Waals surface area contributed by atoms with E-state index in [1.54, 1.807) is 36.4 Å². The minimum atomic E-state index is -4.18. The van der Waals surface area contributed by atoms with Crippen molar-refractivity contribution in [2.75, 3.05) is 24.4 Å². The van der Waals surface area contributed by atoms with Crippen molar-refractivity contribution >= 4 is 39.2 Å². The summed E-state index contributed by atoms with van der Waals surface area (Å²) in [6.07, 6.45) is 0.332. The second-order valence-corrected chi connectivity index (χ2v) is 12.1. The Morgan fingerprint density at radius 1 is 0.930 bits per heavy atom. The van der Waals surface area contributed by atoms with Crippen LogP contribution in [-0.2, 0) is 21.3 Å². The molecule has 1 aliphatic rings. The lowest BCUT2D eigenvalue weighted by molar-refractivity contribution is -0.117. The van der Waals surface area contributed by atoms with Crippen LogP contribution >= 0.6 is 11.6 Å². The van der Waals surface area contributed by atoms with Crippen molar-refractivity contribution in [3.8, 4) is 22.6 Å². The molecule has 11 heteroatoms. The number of nitrogens with one attached hydrogen (secondary N) is 2. The summed E-state index contributed by atoms with van der Waals surface area (Å²) in [7, 11) is -4.18. The number of ether oxygens (including phenoxy) is 2. The van der Waals surface area contributed by atoms with Gasteiger partial charge in [0.05, 0.1) is 11.7 Å². The lowest BCUT2D eigenvalue weighted by Gasteiger charge is -2.19. The first-order valence-electron chi connectivity index (χ1n) is 13.4. The molecule has 1 aliphatic heterocycles. The Bertz CT molecular complexity index is 1760. The molecule has 1 atom stereocenters. The van der Waals surface area contributed by atoms with Crippen molar-refractivity contribution in [2.24, 2.45) is 0 Å². The Labute approximate surface area is 254 Å². The number of aryl methyl sites for hydroxylation is 1. The molecule has 4 aromatic rings. The summed E-state index contributed by atoms with van der Waals surface area (Å²) >= 11 is 6.10. The summed E-state index contributed by atoms with van der Waals surface area (Å²) in [6.45, 7) is 1.89.